The molecule has 4 aliphatic rings. The van der Waals surface area contributed by atoms with Crippen molar-refractivity contribution in [3.8, 4) is 0 Å². The van der Waals surface area contributed by atoms with E-state index < -0.39 is 17.5 Å². The summed E-state index contributed by atoms with van der Waals surface area (Å²) in [6.07, 6.45) is 12.7. The van der Waals surface area contributed by atoms with Crippen LogP contribution in [0.1, 0.15) is 106 Å². The number of carboxylic acid groups (broad SMARTS) is 1. The zero-order valence-electron chi connectivity index (χ0n) is 21.3. The minimum atomic E-state index is -1.02. The highest BCUT2D eigenvalue weighted by Gasteiger charge is 2.62. The third-order valence-corrected chi connectivity index (χ3v) is 11.0. The molecule has 2 saturated carbocycles. The predicted octanol–water partition coefficient (Wildman–Crippen LogP) is 7.15. The first-order valence-electron chi connectivity index (χ1n) is 13.2. The summed E-state index contributed by atoms with van der Waals surface area (Å²) in [6, 6.07) is 0. The molecule has 0 aromatic heterocycles. The van der Waals surface area contributed by atoms with E-state index in [0.29, 0.717) is 17.8 Å². The molecule has 8 atom stereocenters. The van der Waals surface area contributed by atoms with Crippen molar-refractivity contribution in [3.63, 3.8) is 0 Å². The Morgan fingerprint density at radius 3 is 2.47 bits per heavy atom. The molecule has 0 amide bonds. The van der Waals surface area contributed by atoms with E-state index in [-0.39, 0.29) is 11.3 Å². The zero-order chi connectivity index (χ0) is 23.5. The van der Waals surface area contributed by atoms with Crippen molar-refractivity contribution < 1.29 is 15.0 Å². The molecular weight excluding hydrogens is 396 g/mol. The number of aliphatic carboxylic acids is 1. The Balaban J connectivity index is 1.62. The Hall–Kier alpha value is -1.09. The number of hydrogen-bond donors (Lipinski definition) is 2. The van der Waals surface area contributed by atoms with Crippen molar-refractivity contribution in [2.75, 3.05) is 0 Å². The molecule has 1 unspecified atom stereocenters. The van der Waals surface area contributed by atoms with Crippen molar-refractivity contribution in [2.24, 2.45) is 39.9 Å². The fraction of sp³-hybridized carbons (Fsp3) is 0.828. The molecule has 0 bridgehead atoms. The SMILES string of the molecule is CC(C)=CCC[C@@H](C)[C@H]1CCC2C3=C(CC[C@@]21C)[C@@]1(C)CC[C@H](O)[C@@](C)(C(=O)O)[C@H]1CC3. The molecule has 2 fully saturated rings. The largest absolute Gasteiger partial charge is 0.481 e. The highest BCUT2D eigenvalue weighted by atomic mass is 16.4. The standard InChI is InChI=1S/C29H46O3/c1-18(2)8-7-9-19(3)21-11-12-22-20-10-13-24-28(5,23(20)14-16-27(21,22)4)17-15-25(30)29(24,6)26(31)32/h8,19,21-22,24-25,30H,7,9-17H2,1-6H3,(H,31,32)/t19-,21-,22?,24+,25+,27-,28-,29+/m1/s1. The number of allylic oxidation sites excluding steroid dienone is 4. The van der Waals surface area contributed by atoms with E-state index in [9.17, 15) is 15.0 Å². The van der Waals surface area contributed by atoms with Crippen LogP contribution in [0.25, 0.3) is 0 Å². The average molecular weight is 443 g/mol. The molecular formula is C29H46O3. The van der Waals surface area contributed by atoms with Crippen LogP contribution in [0, 0.1) is 39.9 Å². The van der Waals surface area contributed by atoms with E-state index in [1.165, 1.54) is 37.7 Å². The van der Waals surface area contributed by atoms with Crippen LogP contribution < -0.4 is 0 Å². The van der Waals surface area contributed by atoms with Crippen LogP contribution >= 0.6 is 0 Å². The number of hydrogen-bond acceptors (Lipinski definition) is 2. The summed E-state index contributed by atoms with van der Waals surface area (Å²) in [7, 11) is 0. The van der Waals surface area contributed by atoms with E-state index >= 15 is 0 Å². The van der Waals surface area contributed by atoms with Crippen LogP contribution in [0.3, 0.4) is 0 Å². The summed E-state index contributed by atoms with van der Waals surface area (Å²) in [5.41, 5.74) is 4.06. The van der Waals surface area contributed by atoms with Gasteiger partial charge >= 0.3 is 5.97 Å². The molecule has 0 heterocycles. The Morgan fingerprint density at radius 2 is 1.81 bits per heavy atom. The normalized spacial score (nSPS) is 44.3. The molecule has 180 valence electrons. The molecule has 0 aliphatic heterocycles. The van der Waals surface area contributed by atoms with Gasteiger partial charge in [-0.3, -0.25) is 4.79 Å². The molecule has 32 heavy (non-hydrogen) atoms. The van der Waals surface area contributed by atoms with Crippen LogP contribution in [0.15, 0.2) is 22.8 Å². The van der Waals surface area contributed by atoms with E-state index in [4.69, 9.17) is 0 Å². The molecule has 0 aromatic rings. The Kier molecular flexibility index (Phi) is 6.23. The number of carbonyl (C=O) groups is 1. The van der Waals surface area contributed by atoms with Gasteiger partial charge in [0.25, 0.3) is 0 Å². The number of fused-ring (bicyclic) bond motifs is 4. The number of rotatable bonds is 5. The summed E-state index contributed by atoms with van der Waals surface area (Å²) in [5, 5.41) is 20.9. The first-order valence-corrected chi connectivity index (χ1v) is 13.2. The van der Waals surface area contributed by atoms with Crippen LogP contribution in [-0.4, -0.2) is 22.3 Å². The number of aliphatic hydroxyl groups excluding tert-OH is 1. The smallest absolute Gasteiger partial charge is 0.312 e. The molecule has 3 nitrogen and oxygen atoms in total. The monoisotopic (exact) mass is 442 g/mol. The average Bonchev–Trinajstić information content (AvgIpc) is 3.08. The fourth-order valence-corrected chi connectivity index (χ4v) is 9.08. The molecule has 0 aromatic carbocycles. The second-order valence-corrected chi connectivity index (χ2v) is 12.7. The first-order chi connectivity index (χ1) is 15.0. The van der Waals surface area contributed by atoms with Gasteiger partial charge in [-0.2, -0.15) is 0 Å². The Labute approximate surface area is 195 Å². The van der Waals surface area contributed by atoms with Crippen LogP contribution in [0.4, 0.5) is 0 Å². The molecule has 4 aliphatic carbocycles. The quantitative estimate of drug-likeness (QED) is 0.444. The maximum Gasteiger partial charge on any atom is 0.312 e. The third-order valence-electron chi connectivity index (χ3n) is 11.0. The summed E-state index contributed by atoms with van der Waals surface area (Å²) < 4.78 is 0. The topological polar surface area (TPSA) is 57.5 Å². The van der Waals surface area contributed by atoms with Crippen molar-refractivity contribution in [1.29, 1.82) is 0 Å². The van der Waals surface area contributed by atoms with Crippen molar-refractivity contribution in [1.82, 2.24) is 0 Å². The van der Waals surface area contributed by atoms with Gasteiger partial charge < -0.3 is 10.2 Å². The van der Waals surface area contributed by atoms with E-state index in [1.807, 2.05) is 6.92 Å². The van der Waals surface area contributed by atoms with Crippen molar-refractivity contribution in [3.05, 3.63) is 22.8 Å². The predicted molar refractivity (Wildman–Crippen MR) is 130 cm³/mol. The summed E-state index contributed by atoms with van der Waals surface area (Å²) in [6.45, 7) is 13.6. The summed E-state index contributed by atoms with van der Waals surface area (Å²) in [4.78, 5) is 12.3. The lowest BCUT2D eigenvalue weighted by Crippen LogP contribution is -2.58. The van der Waals surface area contributed by atoms with E-state index in [1.54, 1.807) is 11.1 Å². The van der Waals surface area contributed by atoms with Gasteiger partial charge in [-0.1, -0.05) is 43.6 Å². The molecule has 2 N–H and O–H groups in total. The maximum absolute atomic E-state index is 12.3. The highest BCUT2D eigenvalue weighted by molar-refractivity contribution is 5.76. The lowest BCUT2D eigenvalue weighted by Gasteiger charge is -2.59. The van der Waals surface area contributed by atoms with Gasteiger partial charge in [0, 0.05) is 0 Å². The first kappa shape index (κ1) is 24.0. The highest BCUT2D eigenvalue weighted by Crippen LogP contribution is 2.68. The summed E-state index contributed by atoms with van der Waals surface area (Å²) in [5.74, 6) is 1.48. The van der Waals surface area contributed by atoms with Gasteiger partial charge in [0.05, 0.1) is 11.5 Å². The van der Waals surface area contributed by atoms with Gasteiger partial charge in [-0.05, 0) is 119 Å². The molecule has 4 rings (SSSR count). The lowest BCUT2D eigenvalue weighted by molar-refractivity contribution is -0.175. The number of aliphatic hydroxyl groups is 1. The molecule has 0 saturated heterocycles. The van der Waals surface area contributed by atoms with Gasteiger partial charge in [0.15, 0.2) is 0 Å². The van der Waals surface area contributed by atoms with Gasteiger partial charge in [0.2, 0.25) is 0 Å². The van der Waals surface area contributed by atoms with Crippen LogP contribution in [-0.2, 0) is 4.79 Å². The van der Waals surface area contributed by atoms with E-state index in [0.717, 1.165) is 37.5 Å². The fourth-order valence-electron chi connectivity index (χ4n) is 9.08. The Morgan fingerprint density at radius 1 is 1.09 bits per heavy atom. The lowest BCUT2D eigenvalue weighted by atomic mass is 9.45. The van der Waals surface area contributed by atoms with E-state index in [2.05, 4.69) is 40.7 Å². The van der Waals surface area contributed by atoms with Crippen molar-refractivity contribution in [2.45, 2.75) is 112 Å². The molecule has 3 heteroatoms. The van der Waals surface area contributed by atoms with Crippen LogP contribution in [0.5, 0.6) is 0 Å². The van der Waals surface area contributed by atoms with Gasteiger partial charge in [0.1, 0.15) is 0 Å². The maximum atomic E-state index is 12.3. The van der Waals surface area contributed by atoms with Gasteiger partial charge in [-0.15, -0.1) is 0 Å². The molecule has 0 spiro atoms. The zero-order valence-corrected chi connectivity index (χ0v) is 21.3. The number of carboxylic acids is 1. The minimum absolute atomic E-state index is 0.0413. The molecule has 0 radical (unpaired) electrons. The summed E-state index contributed by atoms with van der Waals surface area (Å²) >= 11 is 0. The van der Waals surface area contributed by atoms with Gasteiger partial charge in [-0.25, -0.2) is 0 Å². The van der Waals surface area contributed by atoms with Crippen LogP contribution in [0.2, 0.25) is 0 Å². The minimum Gasteiger partial charge on any atom is -0.481 e. The Bertz CT molecular complexity index is 820. The van der Waals surface area contributed by atoms with Crippen molar-refractivity contribution >= 4 is 5.97 Å². The third kappa shape index (κ3) is 3.44. The second kappa shape index (κ2) is 8.29. The second-order valence-electron chi connectivity index (χ2n) is 12.7.